The number of rotatable bonds is 3. The van der Waals surface area contributed by atoms with Crippen molar-refractivity contribution >= 4 is 15.7 Å². The van der Waals surface area contributed by atoms with Crippen molar-refractivity contribution in [1.29, 1.82) is 0 Å². The number of nitrogens with zero attached hydrogens (tertiary/aromatic N) is 3. The highest BCUT2D eigenvalue weighted by molar-refractivity contribution is 7.91. The van der Waals surface area contributed by atoms with Crippen LogP contribution in [0.5, 0.6) is 0 Å². The third kappa shape index (κ3) is 2.61. The lowest BCUT2D eigenvalue weighted by Gasteiger charge is -2.26. The molecule has 0 saturated carbocycles. The maximum Gasteiger partial charge on any atom is 0.273 e. The van der Waals surface area contributed by atoms with Crippen LogP contribution in [0, 0.1) is 0 Å². The van der Waals surface area contributed by atoms with Gasteiger partial charge < -0.3 is 10.6 Å². The molecule has 3 rings (SSSR count). The van der Waals surface area contributed by atoms with Crippen LogP contribution in [0.15, 0.2) is 6.20 Å². The molecule has 0 bridgehead atoms. The molecule has 1 aromatic rings. The van der Waals surface area contributed by atoms with E-state index in [9.17, 15) is 13.2 Å². The molecule has 0 spiro atoms. The number of nitrogens with one attached hydrogen (secondary N) is 2. The quantitative estimate of drug-likeness (QED) is 0.688. The van der Waals surface area contributed by atoms with E-state index >= 15 is 0 Å². The summed E-state index contributed by atoms with van der Waals surface area (Å²) in [5.74, 6) is -0.210. The molecule has 2 fully saturated rings. The second-order valence-electron chi connectivity index (χ2n) is 4.97. The lowest BCUT2D eigenvalue weighted by molar-refractivity contribution is 0.0936. The Morgan fingerprint density at radius 3 is 2.84 bits per heavy atom. The van der Waals surface area contributed by atoms with E-state index in [0.29, 0.717) is 6.42 Å². The Kier molecular flexibility index (Phi) is 3.02. The van der Waals surface area contributed by atoms with Gasteiger partial charge in [-0.05, 0) is 6.42 Å². The van der Waals surface area contributed by atoms with Gasteiger partial charge in [-0.15, -0.1) is 5.10 Å². The number of sulfone groups is 1. The summed E-state index contributed by atoms with van der Waals surface area (Å²) in [6.45, 7) is 1.65. The molecule has 0 aromatic carbocycles. The molecule has 1 atom stereocenters. The fourth-order valence-corrected chi connectivity index (χ4v) is 3.86. The van der Waals surface area contributed by atoms with Crippen LogP contribution in [0.4, 0.5) is 0 Å². The topological polar surface area (TPSA) is 106 Å². The van der Waals surface area contributed by atoms with Gasteiger partial charge in [0.15, 0.2) is 15.5 Å². The van der Waals surface area contributed by atoms with Crippen molar-refractivity contribution in [1.82, 2.24) is 25.6 Å². The Balaban J connectivity index is 1.62. The minimum absolute atomic E-state index is 0.0133. The van der Waals surface area contributed by atoms with Crippen molar-refractivity contribution in [3.05, 3.63) is 11.9 Å². The minimum Gasteiger partial charge on any atom is -0.347 e. The fourth-order valence-electron chi connectivity index (χ4n) is 2.19. The molecule has 3 heterocycles. The first-order valence-corrected chi connectivity index (χ1v) is 7.99. The van der Waals surface area contributed by atoms with Crippen molar-refractivity contribution in [3.8, 4) is 0 Å². The summed E-state index contributed by atoms with van der Waals surface area (Å²) < 4.78 is 24.3. The lowest BCUT2D eigenvalue weighted by atomic mass is 10.2. The molecular weight excluding hydrogens is 270 g/mol. The molecular formula is C10H15N5O3S. The average molecular weight is 285 g/mol. The number of hydrogen-bond acceptors (Lipinski definition) is 6. The Hall–Kier alpha value is -1.48. The van der Waals surface area contributed by atoms with Gasteiger partial charge in [-0.3, -0.25) is 4.79 Å². The highest BCUT2D eigenvalue weighted by Crippen LogP contribution is 2.13. The number of carbonyl (C=O) groups is 1. The third-order valence-corrected chi connectivity index (χ3v) is 5.21. The molecule has 1 unspecified atom stereocenters. The van der Waals surface area contributed by atoms with Gasteiger partial charge in [0.1, 0.15) is 0 Å². The summed E-state index contributed by atoms with van der Waals surface area (Å²) in [6.07, 6.45) is 2.07. The first kappa shape index (κ1) is 12.5. The Bertz CT molecular complexity index is 592. The second kappa shape index (κ2) is 4.57. The van der Waals surface area contributed by atoms with Crippen molar-refractivity contribution in [2.75, 3.05) is 24.6 Å². The van der Waals surface area contributed by atoms with Gasteiger partial charge in [-0.2, -0.15) is 0 Å². The third-order valence-electron chi connectivity index (χ3n) is 3.44. The van der Waals surface area contributed by atoms with Crippen LogP contribution in [0.3, 0.4) is 0 Å². The summed E-state index contributed by atoms with van der Waals surface area (Å²) in [5, 5.41) is 13.5. The smallest absolute Gasteiger partial charge is 0.273 e. The lowest BCUT2D eigenvalue weighted by Crippen LogP contribution is -2.43. The molecule has 19 heavy (non-hydrogen) atoms. The number of amides is 1. The van der Waals surface area contributed by atoms with Crippen LogP contribution in [0.2, 0.25) is 0 Å². The highest BCUT2D eigenvalue weighted by atomic mass is 32.2. The van der Waals surface area contributed by atoms with Crippen molar-refractivity contribution in [2.45, 2.75) is 18.5 Å². The Morgan fingerprint density at radius 2 is 2.26 bits per heavy atom. The van der Waals surface area contributed by atoms with Gasteiger partial charge in [0.05, 0.1) is 23.7 Å². The molecule has 1 aromatic heterocycles. The molecule has 2 N–H and O–H groups in total. The zero-order valence-corrected chi connectivity index (χ0v) is 11.1. The SMILES string of the molecule is O=C(NC1CCS(=O)(=O)C1)c1cn(C2CNC2)nn1. The van der Waals surface area contributed by atoms with Gasteiger partial charge in [-0.1, -0.05) is 5.21 Å². The fraction of sp³-hybridized carbons (Fsp3) is 0.700. The van der Waals surface area contributed by atoms with Crippen LogP contribution >= 0.6 is 0 Å². The standard InChI is InChI=1S/C10H15N5O3S/c16-10(12-7-1-2-19(17,18)6-7)9-5-15(14-13-9)8-3-11-4-8/h5,7-8,11H,1-4,6H2,(H,12,16). The summed E-state index contributed by atoms with van der Waals surface area (Å²) in [7, 11) is -2.99. The van der Waals surface area contributed by atoms with Crippen molar-refractivity contribution < 1.29 is 13.2 Å². The maximum atomic E-state index is 11.9. The molecule has 0 radical (unpaired) electrons. The zero-order chi connectivity index (χ0) is 13.5. The first-order chi connectivity index (χ1) is 9.03. The molecule has 8 nitrogen and oxygen atoms in total. The molecule has 2 aliphatic heterocycles. The second-order valence-corrected chi connectivity index (χ2v) is 7.20. The molecule has 104 valence electrons. The van der Waals surface area contributed by atoms with Gasteiger partial charge in [0.25, 0.3) is 5.91 Å². The van der Waals surface area contributed by atoms with Crippen molar-refractivity contribution in [3.63, 3.8) is 0 Å². The van der Waals surface area contributed by atoms with E-state index in [1.165, 1.54) is 0 Å². The van der Waals surface area contributed by atoms with Crippen LogP contribution in [-0.2, 0) is 9.84 Å². The summed E-state index contributed by atoms with van der Waals surface area (Å²) >= 11 is 0. The number of aromatic nitrogens is 3. The Labute approximate surface area is 110 Å². The summed E-state index contributed by atoms with van der Waals surface area (Å²) in [5.41, 5.74) is 0.233. The zero-order valence-electron chi connectivity index (χ0n) is 10.2. The van der Waals surface area contributed by atoms with Crippen LogP contribution in [0.25, 0.3) is 0 Å². The number of hydrogen-bond donors (Lipinski definition) is 2. The van der Waals surface area contributed by atoms with Crippen LogP contribution < -0.4 is 10.6 Å². The van der Waals surface area contributed by atoms with E-state index in [4.69, 9.17) is 0 Å². The molecule has 2 aliphatic rings. The number of carbonyl (C=O) groups excluding carboxylic acids is 1. The van der Waals surface area contributed by atoms with Crippen molar-refractivity contribution in [2.24, 2.45) is 0 Å². The van der Waals surface area contributed by atoms with E-state index < -0.39 is 9.84 Å². The molecule has 2 saturated heterocycles. The van der Waals surface area contributed by atoms with Gasteiger partial charge in [0, 0.05) is 19.1 Å². The van der Waals surface area contributed by atoms with Crippen LogP contribution in [0.1, 0.15) is 23.0 Å². The highest BCUT2D eigenvalue weighted by Gasteiger charge is 2.30. The largest absolute Gasteiger partial charge is 0.347 e. The normalized spacial score (nSPS) is 26.0. The maximum absolute atomic E-state index is 11.9. The molecule has 9 heteroatoms. The monoisotopic (exact) mass is 285 g/mol. The van der Waals surface area contributed by atoms with Gasteiger partial charge in [0.2, 0.25) is 0 Å². The summed E-state index contributed by atoms with van der Waals surface area (Å²) in [4.78, 5) is 11.9. The predicted octanol–water partition coefficient (Wildman–Crippen LogP) is -1.66. The minimum atomic E-state index is -2.99. The van der Waals surface area contributed by atoms with E-state index in [2.05, 4.69) is 20.9 Å². The van der Waals surface area contributed by atoms with E-state index in [-0.39, 0.29) is 35.2 Å². The van der Waals surface area contributed by atoms with E-state index in [1.807, 2.05) is 0 Å². The van der Waals surface area contributed by atoms with E-state index in [0.717, 1.165) is 13.1 Å². The van der Waals surface area contributed by atoms with Gasteiger partial charge in [-0.25, -0.2) is 13.1 Å². The first-order valence-electron chi connectivity index (χ1n) is 6.17. The summed E-state index contributed by atoms with van der Waals surface area (Å²) in [6, 6.07) is -0.0612. The van der Waals surface area contributed by atoms with Gasteiger partial charge >= 0.3 is 0 Å². The predicted molar refractivity (Wildman–Crippen MR) is 66.5 cm³/mol. The van der Waals surface area contributed by atoms with E-state index in [1.54, 1.807) is 10.9 Å². The average Bonchev–Trinajstić information content (AvgIpc) is 2.83. The molecule has 1 amide bonds. The molecule has 0 aliphatic carbocycles. The Morgan fingerprint density at radius 1 is 1.47 bits per heavy atom. The van der Waals surface area contributed by atoms with Crippen LogP contribution in [-0.4, -0.2) is 60.0 Å².